The van der Waals surface area contributed by atoms with E-state index in [0.29, 0.717) is 5.92 Å². The number of hydrogen-bond donors (Lipinski definition) is 2. The fourth-order valence-electron chi connectivity index (χ4n) is 2.32. The van der Waals surface area contributed by atoms with Crippen LogP contribution >= 0.6 is 0 Å². The predicted molar refractivity (Wildman–Crippen MR) is 90.0 cm³/mol. The van der Waals surface area contributed by atoms with E-state index >= 15 is 0 Å². The molecule has 2 N–H and O–H groups in total. The van der Waals surface area contributed by atoms with E-state index in [2.05, 4.69) is 41.4 Å². The van der Waals surface area contributed by atoms with E-state index in [9.17, 15) is 0 Å². The Balaban J connectivity index is 1.86. The Kier molecular flexibility index (Phi) is 6.27. The fourth-order valence-corrected chi connectivity index (χ4v) is 2.32. The molecule has 1 aromatic rings. The quantitative estimate of drug-likeness (QED) is 0.626. The van der Waals surface area contributed by atoms with Gasteiger partial charge in [0.15, 0.2) is 0 Å². The molecule has 2 rings (SSSR count). The summed E-state index contributed by atoms with van der Waals surface area (Å²) >= 11 is 0. The van der Waals surface area contributed by atoms with Crippen molar-refractivity contribution in [3.63, 3.8) is 0 Å². The van der Waals surface area contributed by atoms with Gasteiger partial charge in [0.1, 0.15) is 17.5 Å². The maximum absolute atomic E-state index is 4.67. The maximum atomic E-state index is 4.67. The number of nitrogens with one attached hydrogen (secondary N) is 2. The molecule has 1 aliphatic rings. The molecule has 0 unspecified atom stereocenters. The van der Waals surface area contributed by atoms with Crippen LogP contribution in [0.25, 0.3) is 0 Å². The molecule has 0 spiro atoms. The van der Waals surface area contributed by atoms with Gasteiger partial charge in [0.05, 0.1) is 0 Å². The van der Waals surface area contributed by atoms with Crippen LogP contribution in [0.3, 0.4) is 0 Å². The first kappa shape index (κ1) is 16.1. The number of rotatable bonds is 10. The van der Waals surface area contributed by atoms with Crippen molar-refractivity contribution in [1.82, 2.24) is 9.97 Å². The molecule has 21 heavy (non-hydrogen) atoms. The van der Waals surface area contributed by atoms with Gasteiger partial charge in [-0.2, -0.15) is 0 Å². The molecule has 1 aromatic heterocycles. The van der Waals surface area contributed by atoms with Gasteiger partial charge in [-0.15, -0.1) is 0 Å². The number of nitrogens with zero attached hydrogens (tertiary/aromatic N) is 2. The summed E-state index contributed by atoms with van der Waals surface area (Å²) in [6, 6.07) is 2.05. The van der Waals surface area contributed by atoms with Gasteiger partial charge >= 0.3 is 0 Å². The first-order chi connectivity index (χ1) is 10.2. The highest BCUT2D eigenvalue weighted by molar-refractivity contribution is 5.48. The van der Waals surface area contributed by atoms with Crippen LogP contribution in [0.4, 0.5) is 11.6 Å². The normalized spacial score (nSPS) is 14.5. The third-order valence-corrected chi connectivity index (χ3v) is 3.76. The summed E-state index contributed by atoms with van der Waals surface area (Å²) in [6.45, 7) is 8.71. The van der Waals surface area contributed by atoms with Crippen molar-refractivity contribution in [2.75, 3.05) is 23.7 Å². The minimum Gasteiger partial charge on any atom is -0.370 e. The molecule has 4 nitrogen and oxygen atoms in total. The molecule has 1 heterocycles. The molecule has 1 aliphatic carbocycles. The van der Waals surface area contributed by atoms with Crippen molar-refractivity contribution in [3.05, 3.63) is 11.9 Å². The summed E-state index contributed by atoms with van der Waals surface area (Å²) in [4.78, 5) is 9.31. The van der Waals surface area contributed by atoms with Gasteiger partial charge in [0, 0.05) is 25.1 Å². The summed E-state index contributed by atoms with van der Waals surface area (Å²) in [5.74, 6) is 4.36. The third kappa shape index (κ3) is 5.90. The van der Waals surface area contributed by atoms with Gasteiger partial charge in [-0.3, -0.25) is 0 Å². The first-order valence-electron chi connectivity index (χ1n) is 8.55. The van der Waals surface area contributed by atoms with Crippen molar-refractivity contribution >= 4 is 11.6 Å². The van der Waals surface area contributed by atoms with Crippen LogP contribution in [0.1, 0.15) is 71.0 Å². The van der Waals surface area contributed by atoms with Gasteiger partial charge in [-0.1, -0.05) is 33.6 Å². The Hall–Kier alpha value is -1.32. The Labute approximate surface area is 129 Å². The fraction of sp³-hybridized carbons (Fsp3) is 0.765. The van der Waals surface area contributed by atoms with E-state index in [0.717, 1.165) is 42.9 Å². The van der Waals surface area contributed by atoms with Gasteiger partial charge < -0.3 is 10.6 Å². The summed E-state index contributed by atoms with van der Waals surface area (Å²) in [7, 11) is 0. The average molecular weight is 290 g/mol. The van der Waals surface area contributed by atoms with Crippen molar-refractivity contribution in [1.29, 1.82) is 0 Å². The van der Waals surface area contributed by atoms with E-state index in [1.165, 1.54) is 32.1 Å². The molecule has 4 heteroatoms. The molecule has 0 aliphatic heterocycles. The summed E-state index contributed by atoms with van der Waals surface area (Å²) in [5.41, 5.74) is 0. The van der Waals surface area contributed by atoms with Crippen molar-refractivity contribution in [2.45, 2.75) is 65.2 Å². The van der Waals surface area contributed by atoms with Crippen molar-refractivity contribution in [2.24, 2.45) is 5.92 Å². The molecule has 0 aromatic carbocycles. The summed E-state index contributed by atoms with van der Waals surface area (Å²) < 4.78 is 0. The standard InChI is InChI=1S/C17H30N4/c1-4-10-18-15-12-16(19-11-6-5-7-13(2)3)21-17(20-15)14-8-9-14/h12-14H,4-11H2,1-3H3,(H2,18,19,20,21). The molecule has 1 fully saturated rings. The lowest BCUT2D eigenvalue weighted by molar-refractivity contribution is 0.544. The van der Waals surface area contributed by atoms with E-state index < -0.39 is 0 Å². The molecular weight excluding hydrogens is 260 g/mol. The molecule has 0 amide bonds. The lowest BCUT2D eigenvalue weighted by Crippen LogP contribution is -2.09. The zero-order valence-corrected chi connectivity index (χ0v) is 13.8. The predicted octanol–water partition coefficient (Wildman–Crippen LogP) is 4.41. The Morgan fingerprint density at radius 2 is 1.76 bits per heavy atom. The van der Waals surface area contributed by atoms with Crippen LogP contribution in [0, 0.1) is 5.92 Å². The molecule has 0 radical (unpaired) electrons. The average Bonchev–Trinajstić information content (AvgIpc) is 3.29. The van der Waals surface area contributed by atoms with E-state index in [1.807, 2.05) is 6.07 Å². The molecule has 1 saturated carbocycles. The highest BCUT2D eigenvalue weighted by Crippen LogP contribution is 2.38. The largest absolute Gasteiger partial charge is 0.370 e. The van der Waals surface area contributed by atoms with Gasteiger partial charge in [0.25, 0.3) is 0 Å². The lowest BCUT2D eigenvalue weighted by atomic mass is 10.1. The van der Waals surface area contributed by atoms with Crippen molar-refractivity contribution in [3.8, 4) is 0 Å². The summed E-state index contributed by atoms with van der Waals surface area (Å²) in [5, 5.41) is 6.85. The Morgan fingerprint density at radius 3 is 2.33 bits per heavy atom. The zero-order valence-electron chi connectivity index (χ0n) is 13.8. The van der Waals surface area contributed by atoms with Crippen LogP contribution in [-0.2, 0) is 0 Å². The molecule has 0 atom stereocenters. The van der Waals surface area contributed by atoms with Gasteiger partial charge in [0.2, 0.25) is 0 Å². The summed E-state index contributed by atoms with van der Waals surface area (Å²) in [6.07, 6.45) is 7.39. The van der Waals surface area contributed by atoms with Gasteiger partial charge in [-0.25, -0.2) is 9.97 Å². The molecular formula is C17H30N4. The Bertz CT molecular complexity index is 427. The Morgan fingerprint density at radius 1 is 1.10 bits per heavy atom. The topological polar surface area (TPSA) is 49.8 Å². The zero-order chi connectivity index (χ0) is 15.1. The number of hydrogen-bond acceptors (Lipinski definition) is 4. The highest BCUT2D eigenvalue weighted by atomic mass is 15.1. The van der Waals surface area contributed by atoms with E-state index in [1.54, 1.807) is 0 Å². The highest BCUT2D eigenvalue weighted by Gasteiger charge is 2.27. The molecule has 118 valence electrons. The second-order valence-electron chi connectivity index (χ2n) is 6.51. The van der Waals surface area contributed by atoms with E-state index in [-0.39, 0.29) is 0 Å². The second-order valence-corrected chi connectivity index (χ2v) is 6.51. The van der Waals surface area contributed by atoms with Crippen LogP contribution in [0.15, 0.2) is 6.07 Å². The van der Waals surface area contributed by atoms with Gasteiger partial charge in [-0.05, 0) is 31.6 Å². The first-order valence-corrected chi connectivity index (χ1v) is 8.55. The minimum absolute atomic E-state index is 0.592. The van der Waals surface area contributed by atoms with Crippen molar-refractivity contribution < 1.29 is 0 Å². The lowest BCUT2D eigenvalue weighted by Gasteiger charge is -2.11. The maximum Gasteiger partial charge on any atom is 0.136 e. The number of aromatic nitrogens is 2. The number of anilines is 2. The second kappa shape index (κ2) is 8.20. The number of unbranched alkanes of at least 4 members (excludes halogenated alkanes) is 1. The smallest absolute Gasteiger partial charge is 0.136 e. The van der Waals surface area contributed by atoms with Crippen LogP contribution in [0.2, 0.25) is 0 Å². The van der Waals surface area contributed by atoms with Crippen LogP contribution in [0.5, 0.6) is 0 Å². The molecule has 0 bridgehead atoms. The minimum atomic E-state index is 0.592. The monoisotopic (exact) mass is 290 g/mol. The van der Waals surface area contributed by atoms with E-state index in [4.69, 9.17) is 0 Å². The van der Waals surface area contributed by atoms with Crippen LogP contribution in [-0.4, -0.2) is 23.1 Å². The SMILES string of the molecule is CCCNc1cc(NCCCCC(C)C)nc(C2CC2)n1. The van der Waals surface area contributed by atoms with Crippen LogP contribution < -0.4 is 10.6 Å². The molecule has 0 saturated heterocycles. The third-order valence-electron chi connectivity index (χ3n) is 3.76.